The average molecular weight is 252 g/mol. The first kappa shape index (κ1) is 11.7. The molecule has 1 amide bonds. The van der Waals surface area contributed by atoms with Gasteiger partial charge in [0.1, 0.15) is 17.8 Å². The SMILES string of the molecule is O=C(NCc1ccon1)c1ccc(F)c(S)c1. The first-order valence-electron chi connectivity index (χ1n) is 4.83. The maximum absolute atomic E-state index is 12.9. The maximum Gasteiger partial charge on any atom is 0.251 e. The smallest absolute Gasteiger partial charge is 0.251 e. The van der Waals surface area contributed by atoms with Crippen LogP contribution in [0.4, 0.5) is 4.39 Å². The molecule has 88 valence electrons. The van der Waals surface area contributed by atoms with Gasteiger partial charge in [-0.05, 0) is 18.2 Å². The summed E-state index contributed by atoms with van der Waals surface area (Å²) in [4.78, 5) is 11.8. The first-order chi connectivity index (χ1) is 8.16. The second-order valence-electron chi connectivity index (χ2n) is 3.34. The van der Waals surface area contributed by atoms with Gasteiger partial charge in [0.25, 0.3) is 5.91 Å². The van der Waals surface area contributed by atoms with E-state index in [9.17, 15) is 9.18 Å². The molecule has 2 rings (SSSR count). The van der Waals surface area contributed by atoms with E-state index in [2.05, 4.69) is 27.6 Å². The third kappa shape index (κ3) is 2.85. The number of carbonyl (C=O) groups is 1. The van der Waals surface area contributed by atoms with E-state index in [1.807, 2.05) is 0 Å². The lowest BCUT2D eigenvalue weighted by Gasteiger charge is -2.04. The molecule has 0 radical (unpaired) electrons. The number of thiol groups is 1. The third-order valence-electron chi connectivity index (χ3n) is 2.13. The zero-order valence-electron chi connectivity index (χ0n) is 8.68. The number of nitrogens with one attached hydrogen (secondary N) is 1. The molecular weight excluding hydrogens is 243 g/mol. The third-order valence-corrected chi connectivity index (χ3v) is 2.47. The van der Waals surface area contributed by atoms with E-state index < -0.39 is 5.82 Å². The fourth-order valence-electron chi connectivity index (χ4n) is 1.26. The number of hydrogen-bond donors (Lipinski definition) is 2. The normalized spacial score (nSPS) is 10.2. The minimum absolute atomic E-state index is 0.138. The summed E-state index contributed by atoms with van der Waals surface area (Å²) < 4.78 is 17.6. The van der Waals surface area contributed by atoms with E-state index in [0.717, 1.165) is 0 Å². The van der Waals surface area contributed by atoms with Crippen LogP contribution in [-0.4, -0.2) is 11.1 Å². The molecule has 1 N–H and O–H groups in total. The van der Waals surface area contributed by atoms with Crippen LogP contribution < -0.4 is 5.32 Å². The van der Waals surface area contributed by atoms with Crippen molar-refractivity contribution in [3.05, 3.63) is 47.6 Å². The number of hydrogen-bond acceptors (Lipinski definition) is 4. The number of amides is 1. The Balaban J connectivity index is 2.02. The van der Waals surface area contributed by atoms with Gasteiger partial charge in [-0.15, -0.1) is 12.6 Å². The molecule has 0 unspecified atom stereocenters. The summed E-state index contributed by atoms with van der Waals surface area (Å²) in [5.74, 6) is -0.773. The average Bonchev–Trinajstić information content (AvgIpc) is 2.82. The Labute approximate surface area is 102 Å². The van der Waals surface area contributed by atoms with Crippen molar-refractivity contribution >= 4 is 18.5 Å². The first-order valence-corrected chi connectivity index (χ1v) is 5.27. The van der Waals surface area contributed by atoms with E-state index in [4.69, 9.17) is 0 Å². The van der Waals surface area contributed by atoms with Crippen molar-refractivity contribution in [1.82, 2.24) is 10.5 Å². The van der Waals surface area contributed by atoms with Gasteiger partial charge in [-0.25, -0.2) is 4.39 Å². The van der Waals surface area contributed by atoms with Crippen LogP contribution in [0, 0.1) is 5.82 Å². The predicted octanol–water partition coefficient (Wildman–Crippen LogP) is 2.03. The largest absolute Gasteiger partial charge is 0.364 e. The summed E-state index contributed by atoms with van der Waals surface area (Å²) in [7, 11) is 0. The Morgan fingerprint density at radius 1 is 1.47 bits per heavy atom. The summed E-state index contributed by atoms with van der Waals surface area (Å²) in [5, 5.41) is 6.28. The Hall–Kier alpha value is -1.82. The fraction of sp³-hybridized carbons (Fsp3) is 0.0909. The Kier molecular flexibility index (Phi) is 3.43. The van der Waals surface area contributed by atoms with Gasteiger partial charge < -0.3 is 9.84 Å². The molecule has 17 heavy (non-hydrogen) atoms. The molecule has 0 aliphatic heterocycles. The second kappa shape index (κ2) is 5.01. The number of benzene rings is 1. The summed E-state index contributed by atoms with van der Waals surface area (Å²) >= 11 is 3.91. The molecule has 2 aromatic rings. The molecule has 0 bridgehead atoms. The number of aromatic nitrogens is 1. The van der Waals surface area contributed by atoms with Crippen LogP contribution in [0.15, 0.2) is 39.9 Å². The van der Waals surface area contributed by atoms with Crippen molar-refractivity contribution in [3.63, 3.8) is 0 Å². The lowest BCUT2D eigenvalue weighted by atomic mass is 10.2. The van der Waals surface area contributed by atoms with Crippen LogP contribution in [0.3, 0.4) is 0 Å². The highest BCUT2D eigenvalue weighted by Gasteiger charge is 2.08. The Morgan fingerprint density at radius 3 is 2.94 bits per heavy atom. The predicted molar refractivity (Wildman–Crippen MR) is 61.3 cm³/mol. The molecule has 1 aromatic carbocycles. The maximum atomic E-state index is 12.9. The van der Waals surface area contributed by atoms with E-state index in [1.165, 1.54) is 24.5 Å². The molecule has 0 aliphatic carbocycles. The number of nitrogens with zero attached hydrogens (tertiary/aromatic N) is 1. The second-order valence-corrected chi connectivity index (χ2v) is 3.82. The van der Waals surface area contributed by atoms with Gasteiger partial charge in [0, 0.05) is 16.5 Å². The molecule has 6 heteroatoms. The molecule has 0 saturated carbocycles. The highest BCUT2D eigenvalue weighted by Crippen LogP contribution is 2.14. The highest BCUT2D eigenvalue weighted by atomic mass is 32.1. The monoisotopic (exact) mass is 252 g/mol. The molecule has 0 aliphatic rings. The van der Waals surface area contributed by atoms with Crippen molar-refractivity contribution in [1.29, 1.82) is 0 Å². The quantitative estimate of drug-likeness (QED) is 0.822. The molecule has 4 nitrogen and oxygen atoms in total. The molecule has 0 spiro atoms. The van der Waals surface area contributed by atoms with Crippen LogP contribution in [-0.2, 0) is 6.54 Å². The number of halogens is 1. The van der Waals surface area contributed by atoms with Gasteiger partial charge in [-0.2, -0.15) is 0 Å². The number of rotatable bonds is 3. The zero-order chi connectivity index (χ0) is 12.3. The van der Waals surface area contributed by atoms with Crippen molar-refractivity contribution in [2.24, 2.45) is 0 Å². The molecule has 0 saturated heterocycles. The molecule has 1 aromatic heterocycles. The molecule has 0 atom stereocenters. The van der Waals surface area contributed by atoms with E-state index in [-0.39, 0.29) is 17.3 Å². The van der Waals surface area contributed by atoms with Crippen molar-refractivity contribution in [3.8, 4) is 0 Å². The standard InChI is InChI=1S/C11H9FN2O2S/c12-9-2-1-7(5-10(9)17)11(15)13-6-8-3-4-16-14-8/h1-5,17H,6H2,(H,13,15). The Morgan fingerprint density at radius 2 is 2.29 bits per heavy atom. The van der Waals surface area contributed by atoms with Crippen molar-refractivity contribution in [2.75, 3.05) is 0 Å². The minimum Gasteiger partial charge on any atom is -0.364 e. The summed E-state index contributed by atoms with van der Waals surface area (Å²) in [6.07, 6.45) is 1.42. The van der Waals surface area contributed by atoms with Gasteiger partial charge in [0.15, 0.2) is 0 Å². The lowest BCUT2D eigenvalue weighted by molar-refractivity contribution is 0.0950. The lowest BCUT2D eigenvalue weighted by Crippen LogP contribution is -2.22. The van der Waals surface area contributed by atoms with Crippen LogP contribution in [0.2, 0.25) is 0 Å². The molecule has 1 heterocycles. The topological polar surface area (TPSA) is 55.1 Å². The summed E-state index contributed by atoms with van der Waals surface area (Å²) in [6.45, 7) is 0.259. The molecular formula is C11H9FN2O2S. The van der Waals surface area contributed by atoms with Crippen LogP contribution >= 0.6 is 12.6 Å². The molecule has 0 fully saturated rings. The van der Waals surface area contributed by atoms with Crippen LogP contribution in [0.1, 0.15) is 16.1 Å². The summed E-state index contributed by atoms with van der Waals surface area (Å²) in [6, 6.07) is 5.62. The van der Waals surface area contributed by atoms with Gasteiger partial charge in [-0.1, -0.05) is 5.16 Å². The highest BCUT2D eigenvalue weighted by molar-refractivity contribution is 7.80. The van der Waals surface area contributed by atoms with E-state index >= 15 is 0 Å². The zero-order valence-corrected chi connectivity index (χ0v) is 9.58. The van der Waals surface area contributed by atoms with Gasteiger partial charge >= 0.3 is 0 Å². The van der Waals surface area contributed by atoms with E-state index in [0.29, 0.717) is 11.3 Å². The fourth-order valence-corrected chi connectivity index (χ4v) is 1.47. The number of carbonyl (C=O) groups excluding carboxylic acids is 1. The van der Waals surface area contributed by atoms with Crippen LogP contribution in [0.25, 0.3) is 0 Å². The van der Waals surface area contributed by atoms with Gasteiger partial charge in [0.05, 0.1) is 6.54 Å². The van der Waals surface area contributed by atoms with Gasteiger partial charge in [0.2, 0.25) is 0 Å². The Bertz CT molecular complexity index is 528. The minimum atomic E-state index is -0.457. The van der Waals surface area contributed by atoms with Crippen molar-refractivity contribution in [2.45, 2.75) is 11.4 Å². The van der Waals surface area contributed by atoms with E-state index in [1.54, 1.807) is 6.07 Å². The summed E-state index contributed by atoms with van der Waals surface area (Å²) in [5.41, 5.74) is 0.964. The van der Waals surface area contributed by atoms with Crippen LogP contribution in [0.5, 0.6) is 0 Å². The van der Waals surface area contributed by atoms with Gasteiger partial charge in [-0.3, -0.25) is 4.79 Å². The van der Waals surface area contributed by atoms with Crippen molar-refractivity contribution < 1.29 is 13.7 Å².